The van der Waals surface area contributed by atoms with Crippen LogP contribution in [-0.4, -0.2) is 55.7 Å². The molecule has 2 aliphatic carbocycles. The highest BCUT2D eigenvalue weighted by molar-refractivity contribution is 6.30. The number of imidazole rings is 1. The summed E-state index contributed by atoms with van der Waals surface area (Å²) in [6.45, 7) is 4.36. The number of rotatable bonds is 8. The minimum absolute atomic E-state index is 0.111. The van der Waals surface area contributed by atoms with Crippen molar-refractivity contribution in [3.8, 4) is 17.6 Å². The van der Waals surface area contributed by atoms with Crippen LogP contribution in [-0.2, 0) is 18.9 Å². The smallest absolute Gasteiger partial charge is 0.335 e. The average molecular weight is 643 g/mol. The van der Waals surface area contributed by atoms with Gasteiger partial charge in [0.2, 0.25) is 0 Å². The summed E-state index contributed by atoms with van der Waals surface area (Å²) in [5.41, 5.74) is 1.95. The van der Waals surface area contributed by atoms with Crippen molar-refractivity contribution < 1.29 is 23.8 Å². The highest BCUT2D eigenvalue weighted by Crippen LogP contribution is 2.52. The van der Waals surface area contributed by atoms with Gasteiger partial charge in [-0.1, -0.05) is 17.7 Å². The highest BCUT2D eigenvalue weighted by Gasteiger charge is 2.48. The molecule has 0 unspecified atom stereocenters. The Morgan fingerprint density at radius 1 is 1.17 bits per heavy atom. The quantitative estimate of drug-likeness (QED) is 0.243. The molecule has 236 valence electrons. The molecule has 0 spiro atoms. The summed E-state index contributed by atoms with van der Waals surface area (Å²) in [6, 6.07) is 14.9. The van der Waals surface area contributed by atoms with Crippen LogP contribution in [0.1, 0.15) is 60.9 Å². The second-order valence-electron chi connectivity index (χ2n) is 13.1. The van der Waals surface area contributed by atoms with Crippen LogP contribution in [0.25, 0.3) is 11.0 Å². The van der Waals surface area contributed by atoms with E-state index in [0.717, 1.165) is 50.5 Å². The molecule has 8 rings (SSSR count). The third-order valence-corrected chi connectivity index (χ3v) is 10.4. The first-order chi connectivity index (χ1) is 22.2. The number of para-hydroxylation sites is 1. The van der Waals surface area contributed by atoms with E-state index in [1.54, 1.807) is 12.3 Å². The van der Waals surface area contributed by atoms with Gasteiger partial charge < -0.3 is 24.0 Å². The Morgan fingerprint density at radius 2 is 2.00 bits per heavy atom. The van der Waals surface area contributed by atoms with Gasteiger partial charge in [-0.2, -0.15) is 5.26 Å². The van der Waals surface area contributed by atoms with Crippen molar-refractivity contribution in [3.05, 3.63) is 76.6 Å². The number of aromatic carboxylic acids is 1. The topological polar surface area (TPSA) is 117 Å². The Balaban J connectivity index is 1.07. The monoisotopic (exact) mass is 642 g/mol. The number of piperazine rings is 1. The van der Waals surface area contributed by atoms with Crippen molar-refractivity contribution >= 4 is 34.3 Å². The zero-order valence-electron chi connectivity index (χ0n) is 25.2. The minimum Gasteiger partial charge on any atom is -0.478 e. The van der Waals surface area contributed by atoms with Crippen LogP contribution in [0.4, 0.5) is 10.1 Å². The molecular weight excluding hydrogens is 611 g/mol. The number of halogens is 2. The van der Waals surface area contributed by atoms with Gasteiger partial charge in [0.1, 0.15) is 17.0 Å². The molecule has 2 aromatic carbocycles. The van der Waals surface area contributed by atoms with Crippen molar-refractivity contribution in [2.75, 3.05) is 18.0 Å². The molecule has 0 amide bonds. The van der Waals surface area contributed by atoms with Gasteiger partial charge in [0.05, 0.1) is 34.4 Å². The van der Waals surface area contributed by atoms with Gasteiger partial charge in [-0.05, 0) is 62.1 Å². The summed E-state index contributed by atoms with van der Waals surface area (Å²) in [6.07, 6.45) is 5.82. The zero-order chi connectivity index (χ0) is 31.8. The average Bonchev–Trinajstić information content (AvgIpc) is 3.54. The molecule has 1 saturated heterocycles. The van der Waals surface area contributed by atoms with Crippen LogP contribution in [0.3, 0.4) is 0 Å². The molecule has 4 aliphatic rings. The third kappa shape index (κ3) is 4.74. The first kappa shape index (κ1) is 29.0. The fourth-order valence-electron chi connectivity index (χ4n) is 7.31. The molecule has 2 aromatic heterocycles. The van der Waals surface area contributed by atoms with Gasteiger partial charge in [0.15, 0.2) is 17.3 Å². The van der Waals surface area contributed by atoms with Crippen LogP contribution in [0, 0.1) is 22.6 Å². The summed E-state index contributed by atoms with van der Waals surface area (Å²) >= 11 is 6.07. The molecule has 1 N–H and O–H groups in total. The van der Waals surface area contributed by atoms with Crippen molar-refractivity contribution in [2.24, 2.45) is 5.41 Å². The lowest BCUT2D eigenvalue weighted by molar-refractivity contribution is -0.0717. The molecule has 12 heteroatoms. The molecule has 46 heavy (non-hydrogen) atoms. The lowest BCUT2D eigenvalue weighted by Gasteiger charge is -2.54. The van der Waals surface area contributed by atoms with E-state index in [-0.39, 0.29) is 28.6 Å². The molecule has 10 nitrogen and oxygen atoms in total. The third-order valence-electron chi connectivity index (χ3n) is 10.1. The number of fused-ring (bicyclic) bond motifs is 3. The molecule has 2 aliphatic heterocycles. The lowest BCUT2D eigenvalue weighted by Crippen LogP contribution is -2.64. The van der Waals surface area contributed by atoms with Crippen molar-refractivity contribution in [1.82, 2.24) is 19.4 Å². The Kier molecular flexibility index (Phi) is 6.67. The summed E-state index contributed by atoms with van der Waals surface area (Å²) in [5, 5.41) is 19.6. The number of carboxylic acids is 1. The number of anilines is 1. The van der Waals surface area contributed by atoms with E-state index in [9.17, 15) is 15.2 Å². The van der Waals surface area contributed by atoms with Crippen LogP contribution < -0.4 is 14.4 Å². The summed E-state index contributed by atoms with van der Waals surface area (Å²) in [5.74, 6) is -0.857. The number of carbonyl (C=O) groups is 1. The fourth-order valence-corrected chi connectivity index (χ4v) is 7.42. The van der Waals surface area contributed by atoms with E-state index in [1.165, 1.54) is 6.07 Å². The predicted octanol–water partition coefficient (Wildman–Crippen LogP) is 6.11. The zero-order valence-corrected chi connectivity index (χ0v) is 26.0. The number of nitriles is 1. The Labute approximate surface area is 269 Å². The van der Waals surface area contributed by atoms with Gasteiger partial charge in [-0.25, -0.2) is 14.2 Å². The minimum atomic E-state index is -1.19. The number of benzene rings is 2. The maximum Gasteiger partial charge on any atom is 0.335 e. The fraction of sp³-hybridized carbons (Fsp3) is 0.412. The molecule has 4 aromatic rings. The van der Waals surface area contributed by atoms with Crippen LogP contribution in [0.15, 0.2) is 48.7 Å². The number of nitrogens with zero attached hydrogens (tertiary/aromatic N) is 6. The first-order valence-corrected chi connectivity index (χ1v) is 16.0. The molecule has 0 bridgehead atoms. The van der Waals surface area contributed by atoms with Gasteiger partial charge in [0, 0.05) is 56.7 Å². The predicted molar refractivity (Wildman–Crippen MR) is 167 cm³/mol. The number of carboxylic acid groups (broad SMARTS) is 1. The second-order valence-corrected chi connectivity index (χ2v) is 13.5. The van der Waals surface area contributed by atoms with Crippen LogP contribution in [0.5, 0.6) is 11.5 Å². The largest absolute Gasteiger partial charge is 0.478 e. The number of aromatic nitrogens is 3. The Hall–Kier alpha value is -4.40. The highest BCUT2D eigenvalue weighted by atomic mass is 35.5. The lowest BCUT2D eigenvalue weighted by atomic mass is 9.81. The SMILES string of the molecule is C[C@]1(c2ccc(Cl)cn2)Oc2cccc(N3CCN(Cc4nc5c(F)cc(C(=O)O)cc5n4CC4(CC#N)CC4)[C@@H]4CC[C@@H]43)c2O1. The van der Waals surface area contributed by atoms with E-state index < -0.39 is 17.6 Å². The van der Waals surface area contributed by atoms with Gasteiger partial charge >= 0.3 is 5.97 Å². The number of hydrogen-bond donors (Lipinski definition) is 1. The van der Waals surface area contributed by atoms with E-state index in [2.05, 4.69) is 26.9 Å². The maximum absolute atomic E-state index is 15.2. The van der Waals surface area contributed by atoms with Gasteiger partial charge in [0.25, 0.3) is 5.79 Å². The van der Waals surface area contributed by atoms with Crippen molar-refractivity contribution in [3.63, 3.8) is 0 Å². The number of ether oxygens (including phenoxy) is 2. The van der Waals surface area contributed by atoms with E-state index in [1.807, 2.05) is 29.7 Å². The Bertz CT molecular complexity index is 1920. The normalized spacial score (nSPS) is 24.3. The van der Waals surface area contributed by atoms with Gasteiger partial charge in [-0.15, -0.1) is 0 Å². The molecule has 4 heterocycles. The summed E-state index contributed by atoms with van der Waals surface area (Å²) < 4.78 is 30.0. The Morgan fingerprint density at radius 3 is 2.70 bits per heavy atom. The number of hydrogen-bond acceptors (Lipinski definition) is 8. The molecule has 3 atom stereocenters. The second kappa shape index (κ2) is 10.6. The standard InChI is InChI=1S/C34H32ClFN6O4/c1-33(28-8-5-21(35)17-38-28)45-27-4-2-3-25(31(27)46-33)41-14-13-40(23-6-7-24(23)41)18-29-39-30-22(36)15-20(32(43)44)16-26(30)42(29)19-34(9-10-34)11-12-37/h2-5,8,15-17,23-24H,6-7,9-11,13-14,18-19H2,1H3,(H,43,44)/t23-,24+,33+/m1/s1. The van der Waals surface area contributed by atoms with E-state index in [0.29, 0.717) is 53.1 Å². The molecule has 2 saturated carbocycles. The summed E-state index contributed by atoms with van der Waals surface area (Å²) in [7, 11) is 0. The number of pyridine rings is 1. The van der Waals surface area contributed by atoms with Gasteiger partial charge in [-0.3, -0.25) is 9.88 Å². The first-order valence-electron chi connectivity index (χ1n) is 15.6. The maximum atomic E-state index is 15.2. The molecule has 0 radical (unpaired) electrons. The van der Waals surface area contributed by atoms with E-state index >= 15 is 4.39 Å². The molecular formula is C34H32ClFN6O4. The van der Waals surface area contributed by atoms with Crippen molar-refractivity contribution in [1.29, 1.82) is 5.26 Å². The molecule has 3 fully saturated rings. The van der Waals surface area contributed by atoms with Crippen LogP contribution >= 0.6 is 11.6 Å². The van der Waals surface area contributed by atoms with Crippen molar-refractivity contribution in [2.45, 2.75) is 70.0 Å². The van der Waals surface area contributed by atoms with Crippen LogP contribution in [0.2, 0.25) is 5.02 Å². The summed E-state index contributed by atoms with van der Waals surface area (Å²) in [4.78, 5) is 25.8. The van der Waals surface area contributed by atoms with E-state index in [4.69, 9.17) is 26.1 Å².